The number of rotatable bonds is 7. The number of halogens is 1. The van der Waals surface area contributed by atoms with Crippen molar-refractivity contribution in [1.82, 2.24) is 10.2 Å². The molecule has 1 aromatic rings. The molecule has 0 radical (unpaired) electrons. The van der Waals surface area contributed by atoms with Crippen molar-refractivity contribution in [2.24, 2.45) is 5.92 Å². The summed E-state index contributed by atoms with van der Waals surface area (Å²) in [5.74, 6) is 0.602. The summed E-state index contributed by atoms with van der Waals surface area (Å²) in [4.78, 5) is 14.6. The van der Waals surface area contributed by atoms with Gasteiger partial charge in [-0.05, 0) is 29.7 Å². The smallest absolute Gasteiger partial charge is 0.287 e. The van der Waals surface area contributed by atoms with Crippen molar-refractivity contribution >= 4 is 17.5 Å². The second kappa shape index (κ2) is 8.56. The molecule has 0 saturated carbocycles. The Morgan fingerprint density at radius 2 is 2.00 bits per heavy atom. The number of hydrogen-bond donors (Lipinski definition) is 1. The molecule has 1 atom stereocenters. The predicted molar refractivity (Wildman–Crippen MR) is 86.3 cm³/mol. The van der Waals surface area contributed by atoms with Crippen molar-refractivity contribution in [1.29, 1.82) is 0 Å². The maximum Gasteiger partial charge on any atom is 0.287 e. The zero-order valence-electron chi connectivity index (χ0n) is 13.3. The number of carbonyl (C=O) groups excluding carboxylic acids is 1. The number of morpholine rings is 1. The van der Waals surface area contributed by atoms with Crippen molar-refractivity contribution in [3.8, 4) is 0 Å². The van der Waals surface area contributed by atoms with Crippen LogP contribution in [0.1, 0.15) is 37.2 Å². The summed E-state index contributed by atoms with van der Waals surface area (Å²) in [6.45, 7) is 8.39. The largest absolute Gasteiger partial charge is 0.440 e. The van der Waals surface area contributed by atoms with Gasteiger partial charge in [0.1, 0.15) is 0 Å². The molecule has 2 rings (SSSR count). The Kier molecular flexibility index (Phi) is 6.73. The molecule has 6 heteroatoms. The van der Waals surface area contributed by atoms with Crippen LogP contribution < -0.4 is 5.32 Å². The maximum absolute atomic E-state index is 12.1. The molecule has 1 aromatic heterocycles. The molecule has 0 bridgehead atoms. The summed E-state index contributed by atoms with van der Waals surface area (Å²) in [7, 11) is 0. The molecule has 1 amide bonds. The van der Waals surface area contributed by atoms with E-state index in [4.69, 9.17) is 20.8 Å². The first-order valence-electron chi connectivity index (χ1n) is 8.01. The Morgan fingerprint density at radius 1 is 1.32 bits per heavy atom. The van der Waals surface area contributed by atoms with Crippen LogP contribution in [0.5, 0.6) is 0 Å². The molecule has 5 nitrogen and oxygen atoms in total. The number of amides is 1. The summed E-state index contributed by atoms with van der Waals surface area (Å²) < 4.78 is 10.6. The lowest BCUT2D eigenvalue weighted by atomic mass is 9.92. The quantitative estimate of drug-likeness (QED) is 0.836. The monoisotopic (exact) mass is 328 g/mol. The number of carbonyl (C=O) groups is 1. The molecule has 124 valence electrons. The lowest BCUT2D eigenvalue weighted by Crippen LogP contribution is -2.52. The second-order valence-corrected chi connectivity index (χ2v) is 5.98. The Balaban J connectivity index is 1.97. The predicted octanol–water partition coefficient (Wildman–Crippen LogP) is 2.80. The van der Waals surface area contributed by atoms with E-state index >= 15 is 0 Å². The van der Waals surface area contributed by atoms with Crippen LogP contribution >= 0.6 is 11.6 Å². The zero-order chi connectivity index (χ0) is 15.9. The summed E-state index contributed by atoms with van der Waals surface area (Å²) >= 11 is 5.72. The van der Waals surface area contributed by atoms with Gasteiger partial charge < -0.3 is 14.5 Å². The third-order valence-electron chi connectivity index (χ3n) is 4.38. The normalized spacial score (nSPS) is 17.6. The fourth-order valence-electron chi connectivity index (χ4n) is 3.06. The molecule has 0 aromatic carbocycles. The van der Waals surface area contributed by atoms with E-state index in [1.807, 2.05) is 0 Å². The van der Waals surface area contributed by atoms with Crippen LogP contribution in [0.4, 0.5) is 0 Å². The van der Waals surface area contributed by atoms with Gasteiger partial charge in [-0.25, -0.2) is 0 Å². The Morgan fingerprint density at radius 3 is 2.55 bits per heavy atom. The number of nitrogens with one attached hydrogen (secondary N) is 1. The SMILES string of the molecule is CCC(CC)C(CNC(=O)c1ccc(Cl)o1)N1CCOCC1. The van der Waals surface area contributed by atoms with Crippen molar-refractivity contribution in [2.45, 2.75) is 32.7 Å². The van der Waals surface area contributed by atoms with Crippen LogP contribution in [-0.2, 0) is 4.74 Å². The molecule has 1 aliphatic rings. The first-order valence-corrected chi connectivity index (χ1v) is 8.38. The van der Waals surface area contributed by atoms with Gasteiger partial charge in [-0.2, -0.15) is 0 Å². The molecule has 1 fully saturated rings. The van der Waals surface area contributed by atoms with E-state index in [0.29, 0.717) is 18.5 Å². The molecule has 0 spiro atoms. The molecule has 22 heavy (non-hydrogen) atoms. The molecule has 2 heterocycles. The summed E-state index contributed by atoms with van der Waals surface area (Å²) in [5, 5.41) is 3.22. The molecule has 1 saturated heterocycles. The van der Waals surface area contributed by atoms with Crippen molar-refractivity contribution in [3.63, 3.8) is 0 Å². The third-order valence-corrected chi connectivity index (χ3v) is 4.58. The topological polar surface area (TPSA) is 54.7 Å². The van der Waals surface area contributed by atoms with Gasteiger partial charge in [0.2, 0.25) is 0 Å². The minimum atomic E-state index is -0.212. The van der Waals surface area contributed by atoms with Gasteiger partial charge in [-0.3, -0.25) is 9.69 Å². The summed E-state index contributed by atoms with van der Waals surface area (Å²) in [6.07, 6.45) is 2.20. The van der Waals surface area contributed by atoms with E-state index in [1.165, 1.54) is 0 Å². The van der Waals surface area contributed by atoms with E-state index in [0.717, 1.165) is 39.1 Å². The molecule has 0 aliphatic carbocycles. The number of furan rings is 1. The van der Waals surface area contributed by atoms with Gasteiger partial charge >= 0.3 is 0 Å². The van der Waals surface area contributed by atoms with Gasteiger partial charge in [-0.1, -0.05) is 26.7 Å². The highest BCUT2D eigenvalue weighted by molar-refractivity contribution is 6.29. The summed E-state index contributed by atoms with van der Waals surface area (Å²) in [6, 6.07) is 3.50. The molecule has 1 unspecified atom stereocenters. The number of ether oxygens (including phenoxy) is 1. The third kappa shape index (κ3) is 4.48. The first-order chi connectivity index (χ1) is 10.7. The molecule has 1 aliphatic heterocycles. The highest BCUT2D eigenvalue weighted by atomic mass is 35.5. The average molecular weight is 329 g/mol. The van der Waals surface area contributed by atoms with Crippen molar-refractivity contribution in [3.05, 3.63) is 23.1 Å². The zero-order valence-corrected chi connectivity index (χ0v) is 14.1. The van der Waals surface area contributed by atoms with E-state index in [1.54, 1.807) is 12.1 Å². The Labute approximate surface area is 136 Å². The second-order valence-electron chi connectivity index (χ2n) is 5.61. The Hall–Kier alpha value is -1.04. The minimum Gasteiger partial charge on any atom is -0.440 e. The standard InChI is InChI=1S/C16H25ClN2O3/c1-3-12(4-2)13(19-7-9-21-10-8-19)11-18-16(20)14-5-6-15(17)22-14/h5-6,12-13H,3-4,7-11H2,1-2H3,(H,18,20). The molecular weight excluding hydrogens is 304 g/mol. The summed E-state index contributed by atoms with van der Waals surface area (Å²) in [5.41, 5.74) is 0. The van der Waals surface area contributed by atoms with Gasteiger partial charge in [0.25, 0.3) is 5.91 Å². The van der Waals surface area contributed by atoms with Crippen LogP contribution in [0.15, 0.2) is 16.5 Å². The highest BCUT2D eigenvalue weighted by Gasteiger charge is 2.27. The van der Waals surface area contributed by atoms with Gasteiger partial charge in [0.05, 0.1) is 13.2 Å². The van der Waals surface area contributed by atoms with E-state index < -0.39 is 0 Å². The van der Waals surface area contributed by atoms with E-state index in [-0.39, 0.29) is 16.9 Å². The first kappa shape index (κ1) is 17.3. The van der Waals surface area contributed by atoms with Crippen LogP contribution in [0.25, 0.3) is 0 Å². The number of hydrogen-bond acceptors (Lipinski definition) is 4. The highest BCUT2D eigenvalue weighted by Crippen LogP contribution is 2.20. The van der Waals surface area contributed by atoms with Gasteiger partial charge in [0, 0.05) is 25.7 Å². The van der Waals surface area contributed by atoms with Crippen LogP contribution in [-0.4, -0.2) is 49.7 Å². The minimum absolute atomic E-state index is 0.212. The average Bonchev–Trinajstić information content (AvgIpc) is 2.98. The van der Waals surface area contributed by atoms with Gasteiger partial charge in [0.15, 0.2) is 11.0 Å². The van der Waals surface area contributed by atoms with E-state index in [9.17, 15) is 4.79 Å². The van der Waals surface area contributed by atoms with Crippen LogP contribution in [0.3, 0.4) is 0 Å². The number of nitrogens with zero attached hydrogens (tertiary/aromatic N) is 1. The lowest BCUT2D eigenvalue weighted by Gasteiger charge is -2.38. The lowest BCUT2D eigenvalue weighted by molar-refractivity contribution is 0.00185. The fraction of sp³-hybridized carbons (Fsp3) is 0.688. The van der Waals surface area contributed by atoms with Gasteiger partial charge in [-0.15, -0.1) is 0 Å². The van der Waals surface area contributed by atoms with Crippen molar-refractivity contribution < 1.29 is 13.9 Å². The van der Waals surface area contributed by atoms with Crippen molar-refractivity contribution in [2.75, 3.05) is 32.8 Å². The molecular formula is C16H25ClN2O3. The van der Waals surface area contributed by atoms with E-state index in [2.05, 4.69) is 24.1 Å². The molecule has 1 N–H and O–H groups in total. The van der Waals surface area contributed by atoms with Crippen LogP contribution in [0, 0.1) is 5.92 Å². The Bertz CT molecular complexity index is 468. The maximum atomic E-state index is 12.1. The fourth-order valence-corrected chi connectivity index (χ4v) is 3.20. The van der Waals surface area contributed by atoms with Crippen LogP contribution in [0.2, 0.25) is 5.22 Å².